The van der Waals surface area contributed by atoms with E-state index in [4.69, 9.17) is 0 Å². The fourth-order valence-electron chi connectivity index (χ4n) is 2.34. The van der Waals surface area contributed by atoms with Gasteiger partial charge in [-0.2, -0.15) is 11.8 Å². The highest BCUT2D eigenvalue weighted by atomic mass is 32.2. The van der Waals surface area contributed by atoms with Crippen LogP contribution in [0.2, 0.25) is 0 Å². The van der Waals surface area contributed by atoms with E-state index in [0.29, 0.717) is 12.0 Å². The molecule has 4 heteroatoms. The number of hydrogen-bond donors (Lipinski definition) is 1. The first-order valence-corrected chi connectivity index (χ1v) is 8.87. The molecule has 1 saturated heterocycles. The lowest BCUT2D eigenvalue weighted by atomic mass is 10.0. The van der Waals surface area contributed by atoms with Crippen molar-refractivity contribution in [3.63, 3.8) is 0 Å². The van der Waals surface area contributed by atoms with Gasteiger partial charge in [0.15, 0.2) is 0 Å². The Morgan fingerprint density at radius 2 is 2.11 bits per heavy atom. The Balaban J connectivity index is 1.76. The van der Waals surface area contributed by atoms with Crippen LogP contribution in [0.25, 0.3) is 0 Å². The van der Waals surface area contributed by atoms with Crippen LogP contribution in [0.15, 0.2) is 17.5 Å². The molecule has 18 heavy (non-hydrogen) atoms. The molecule has 1 aromatic heterocycles. The van der Waals surface area contributed by atoms with E-state index in [2.05, 4.69) is 53.3 Å². The van der Waals surface area contributed by atoms with Crippen molar-refractivity contribution in [3.8, 4) is 0 Å². The number of nitrogens with one attached hydrogen (secondary N) is 1. The van der Waals surface area contributed by atoms with Crippen LogP contribution in [-0.2, 0) is 0 Å². The first kappa shape index (κ1) is 14.4. The van der Waals surface area contributed by atoms with Gasteiger partial charge in [0.25, 0.3) is 0 Å². The summed E-state index contributed by atoms with van der Waals surface area (Å²) in [6, 6.07) is 4.92. The molecule has 0 spiro atoms. The van der Waals surface area contributed by atoms with Crippen molar-refractivity contribution in [1.29, 1.82) is 0 Å². The molecule has 0 aliphatic carbocycles. The highest BCUT2D eigenvalue weighted by molar-refractivity contribution is 7.99. The van der Waals surface area contributed by atoms with Gasteiger partial charge in [-0.15, -0.1) is 11.3 Å². The molecule has 2 nitrogen and oxygen atoms in total. The highest BCUT2D eigenvalue weighted by Crippen LogP contribution is 2.25. The van der Waals surface area contributed by atoms with Crippen molar-refractivity contribution < 1.29 is 0 Å². The van der Waals surface area contributed by atoms with Crippen LogP contribution in [-0.4, -0.2) is 42.6 Å². The first-order chi connectivity index (χ1) is 8.77. The van der Waals surface area contributed by atoms with Gasteiger partial charge in [0.2, 0.25) is 0 Å². The van der Waals surface area contributed by atoms with Crippen LogP contribution >= 0.6 is 23.1 Å². The van der Waals surface area contributed by atoms with Crippen LogP contribution in [0.4, 0.5) is 0 Å². The van der Waals surface area contributed by atoms with Crippen LogP contribution in [0.1, 0.15) is 24.8 Å². The fourth-order valence-corrected chi connectivity index (χ4v) is 4.29. The van der Waals surface area contributed by atoms with Crippen molar-refractivity contribution in [2.45, 2.75) is 19.9 Å². The molecule has 1 N–H and O–H groups in total. The maximum absolute atomic E-state index is 3.73. The molecule has 0 amide bonds. The third-order valence-corrected chi connectivity index (χ3v) is 5.31. The Morgan fingerprint density at radius 3 is 2.72 bits per heavy atom. The smallest absolute Gasteiger partial charge is 0.0438 e. The maximum Gasteiger partial charge on any atom is 0.0438 e. The van der Waals surface area contributed by atoms with E-state index in [1.54, 1.807) is 0 Å². The van der Waals surface area contributed by atoms with E-state index in [-0.39, 0.29) is 0 Å². The summed E-state index contributed by atoms with van der Waals surface area (Å²) in [5.74, 6) is 3.26. The molecule has 0 radical (unpaired) electrons. The molecule has 2 rings (SSSR count). The number of nitrogens with zero attached hydrogens (tertiary/aromatic N) is 1. The van der Waals surface area contributed by atoms with Gasteiger partial charge >= 0.3 is 0 Å². The molecule has 2 heterocycles. The minimum Gasteiger partial charge on any atom is -0.308 e. The predicted molar refractivity (Wildman–Crippen MR) is 83.7 cm³/mol. The molecule has 1 aliphatic rings. The van der Waals surface area contributed by atoms with Gasteiger partial charge in [-0.05, 0) is 17.4 Å². The summed E-state index contributed by atoms with van der Waals surface area (Å²) in [6.45, 7) is 9.42. The average Bonchev–Trinajstić information content (AvgIpc) is 2.89. The Kier molecular flexibility index (Phi) is 6.02. The summed E-state index contributed by atoms with van der Waals surface area (Å²) in [4.78, 5) is 4.05. The first-order valence-electron chi connectivity index (χ1n) is 6.84. The zero-order chi connectivity index (χ0) is 12.8. The molecular formula is C14H24N2S2. The Labute approximate surface area is 119 Å². The molecule has 1 atom stereocenters. The molecule has 0 saturated carbocycles. The molecule has 0 aromatic carbocycles. The zero-order valence-electron chi connectivity index (χ0n) is 11.4. The molecule has 1 aromatic rings. The summed E-state index contributed by atoms with van der Waals surface area (Å²) in [6.07, 6.45) is 0. The SMILES string of the molecule is CC(C)C(NCCN1CCSCC1)c1cccs1. The van der Waals surface area contributed by atoms with Crippen LogP contribution in [0, 0.1) is 5.92 Å². The summed E-state index contributed by atoms with van der Waals surface area (Å²) >= 11 is 3.95. The zero-order valence-corrected chi connectivity index (χ0v) is 13.0. The van der Waals surface area contributed by atoms with E-state index in [0.717, 1.165) is 6.54 Å². The largest absolute Gasteiger partial charge is 0.308 e. The molecule has 1 unspecified atom stereocenters. The number of hydrogen-bond acceptors (Lipinski definition) is 4. The quantitative estimate of drug-likeness (QED) is 0.864. The average molecular weight is 284 g/mol. The van der Waals surface area contributed by atoms with Crippen molar-refractivity contribution in [3.05, 3.63) is 22.4 Å². The minimum atomic E-state index is 0.518. The lowest BCUT2D eigenvalue weighted by Gasteiger charge is -2.28. The van der Waals surface area contributed by atoms with E-state index >= 15 is 0 Å². The summed E-state index contributed by atoms with van der Waals surface area (Å²) in [7, 11) is 0. The summed E-state index contributed by atoms with van der Waals surface area (Å²) in [5, 5.41) is 5.91. The van der Waals surface area contributed by atoms with E-state index < -0.39 is 0 Å². The van der Waals surface area contributed by atoms with Crippen LogP contribution in [0.3, 0.4) is 0 Å². The van der Waals surface area contributed by atoms with Crippen LogP contribution in [0.5, 0.6) is 0 Å². The molecule has 102 valence electrons. The topological polar surface area (TPSA) is 15.3 Å². The van der Waals surface area contributed by atoms with Crippen molar-refractivity contribution in [2.24, 2.45) is 5.92 Å². The lowest BCUT2D eigenvalue weighted by Crippen LogP contribution is -2.39. The van der Waals surface area contributed by atoms with Gasteiger partial charge in [-0.1, -0.05) is 19.9 Å². The third-order valence-electron chi connectivity index (χ3n) is 3.41. The third kappa shape index (κ3) is 4.26. The van der Waals surface area contributed by atoms with Gasteiger partial charge in [0.1, 0.15) is 0 Å². The Bertz CT molecular complexity index is 319. The van der Waals surface area contributed by atoms with E-state index in [1.165, 1.54) is 36.0 Å². The van der Waals surface area contributed by atoms with Gasteiger partial charge in [0.05, 0.1) is 0 Å². The van der Waals surface area contributed by atoms with E-state index in [1.807, 2.05) is 11.3 Å². The molecule has 0 bridgehead atoms. The number of thiophene rings is 1. The predicted octanol–water partition coefficient (Wildman–Crippen LogP) is 3.08. The normalized spacial score (nSPS) is 19.3. The second-order valence-corrected chi connectivity index (χ2v) is 7.35. The number of thioether (sulfide) groups is 1. The van der Waals surface area contributed by atoms with Gasteiger partial charge < -0.3 is 10.2 Å². The van der Waals surface area contributed by atoms with Gasteiger partial charge in [0, 0.05) is 48.6 Å². The minimum absolute atomic E-state index is 0.518. The molecule has 1 aliphatic heterocycles. The van der Waals surface area contributed by atoms with Gasteiger partial charge in [-0.25, -0.2) is 0 Å². The fraction of sp³-hybridized carbons (Fsp3) is 0.714. The highest BCUT2D eigenvalue weighted by Gasteiger charge is 2.16. The van der Waals surface area contributed by atoms with Crippen molar-refractivity contribution in [1.82, 2.24) is 10.2 Å². The van der Waals surface area contributed by atoms with E-state index in [9.17, 15) is 0 Å². The standard InChI is InChI=1S/C14H24N2S2/c1-12(2)14(13-4-3-9-18-13)15-5-6-16-7-10-17-11-8-16/h3-4,9,12,14-15H,5-8,10-11H2,1-2H3. The lowest BCUT2D eigenvalue weighted by molar-refractivity contribution is 0.287. The Morgan fingerprint density at radius 1 is 1.33 bits per heavy atom. The van der Waals surface area contributed by atoms with Crippen LogP contribution < -0.4 is 5.32 Å². The summed E-state index contributed by atoms with van der Waals surface area (Å²) < 4.78 is 0. The molecule has 1 fully saturated rings. The number of rotatable bonds is 6. The second kappa shape index (κ2) is 7.53. The Hall–Kier alpha value is -0.0300. The second-order valence-electron chi connectivity index (χ2n) is 5.15. The van der Waals surface area contributed by atoms with Gasteiger partial charge in [-0.3, -0.25) is 0 Å². The monoisotopic (exact) mass is 284 g/mol. The summed E-state index contributed by atoms with van der Waals surface area (Å²) in [5.41, 5.74) is 0. The maximum atomic E-state index is 3.73. The molecular weight excluding hydrogens is 260 g/mol. The van der Waals surface area contributed by atoms with Crippen molar-refractivity contribution in [2.75, 3.05) is 37.7 Å². The van der Waals surface area contributed by atoms with Crippen molar-refractivity contribution >= 4 is 23.1 Å².